The van der Waals surface area contributed by atoms with Crippen molar-refractivity contribution in [1.82, 2.24) is 14.8 Å². The van der Waals surface area contributed by atoms with Gasteiger partial charge in [-0.15, -0.1) is 0 Å². The minimum Gasteiger partial charge on any atom is -0.294 e. The first-order valence-electron chi connectivity index (χ1n) is 9.23. The second-order valence-corrected chi connectivity index (χ2v) is 7.07. The summed E-state index contributed by atoms with van der Waals surface area (Å²) in [5.74, 6) is 0.0474. The first kappa shape index (κ1) is 16.6. The molecule has 3 heterocycles. The van der Waals surface area contributed by atoms with Crippen LogP contribution in [0.4, 0.5) is 5.69 Å². The molecule has 1 aliphatic heterocycles. The number of Topliss-reactive ketones (excluding diaryl/α,β-unsaturated/α-hetero) is 1. The van der Waals surface area contributed by atoms with Gasteiger partial charge in [0.2, 0.25) is 0 Å². The van der Waals surface area contributed by atoms with E-state index in [0.717, 1.165) is 45.3 Å². The van der Waals surface area contributed by atoms with Crippen LogP contribution >= 0.6 is 0 Å². The Labute approximate surface area is 162 Å². The average Bonchev–Trinajstić information content (AvgIpc) is 3.36. The van der Waals surface area contributed by atoms with Crippen molar-refractivity contribution in [3.63, 3.8) is 0 Å². The third kappa shape index (κ3) is 2.91. The van der Waals surface area contributed by atoms with E-state index in [9.17, 15) is 4.79 Å². The lowest BCUT2D eigenvalue weighted by Crippen LogP contribution is -2.05. The summed E-state index contributed by atoms with van der Waals surface area (Å²) >= 11 is 0. The lowest BCUT2D eigenvalue weighted by molar-refractivity contribution is 0.0992. The number of fused-ring (bicyclic) bond motifs is 2. The summed E-state index contributed by atoms with van der Waals surface area (Å²) in [6, 6.07) is 14.0. The number of aryl methyl sites for hydroxylation is 1. The molecule has 0 saturated carbocycles. The van der Waals surface area contributed by atoms with Crippen molar-refractivity contribution in [1.29, 1.82) is 0 Å². The van der Waals surface area contributed by atoms with Crippen LogP contribution < -0.4 is 0 Å². The number of aromatic nitrogens is 3. The summed E-state index contributed by atoms with van der Waals surface area (Å²) in [5.41, 5.74) is 5.53. The van der Waals surface area contributed by atoms with Crippen LogP contribution in [0, 0.1) is 0 Å². The molecule has 0 saturated heterocycles. The number of hydrogen-bond donors (Lipinski definition) is 0. The number of nitrogens with zero attached hydrogens (tertiary/aromatic N) is 4. The monoisotopic (exact) mass is 366 g/mol. The normalized spacial score (nSPS) is 12.5. The summed E-state index contributed by atoms with van der Waals surface area (Å²) in [6.07, 6.45) is 8.58. The third-order valence-corrected chi connectivity index (χ3v) is 5.11. The highest BCUT2D eigenvalue weighted by Crippen LogP contribution is 2.30. The molecule has 0 aliphatic carbocycles. The van der Waals surface area contributed by atoms with Crippen molar-refractivity contribution in [2.45, 2.75) is 12.8 Å². The fourth-order valence-electron chi connectivity index (χ4n) is 3.66. The molecule has 5 nitrogen and oxygen atoms in total. The van der Waals surface area contributed by atoms with Crippen molar-refractivity contribution in [2.75, 3.05) is 0 Å². The largest absolute Gasteiger partial charge is 0.294 e. The van der Waals surface area contributed by atoms with Crippen LogP contribution in [0.1, 0.15) is 21.6 Å². The maximum atomic E-state index is 12.9. The fourth-order valence-corrected chi connectivity index (χ4v) is 3.66. The third-order valence-electron chi connectivity index (χ3n) is 5.11. The lowest BCUT2D eigenvalue weighted by Gasteiger charge is -2.07. The van der Waals surface area contributed by atoms with E-state index in [4.69, 9.17) is 0 Å². The molecule has 4 aromatic rings. The van der Waals surface area contributed by atoms with Gasteiger partial charge in [-0.3, -0.25) is 19.5 Å². The van der Waals surface area contributed by atoms with E-state index in [1.54, 1.807) is 4.68 Å². The number of rotatable bonds is 4. The van der Waals surface area contributed by atoms with Crippen molar-refractivity contribution in [3.05, 3.63) is 77.9 Å². The average molecular weight is 366 g/mol. The molecule has 0 spiro atoms. The SMILES string of the molecule is Cn1cc(-c2ccc3cnc(CC(=O)c4cccc5c4N=CC5)cc3c2)cn1. The maximum Gasteiger partial charge on any atom is 0.170 e. The molecule has 136 valence electrons. The minimum atomic E-state index is 0.0474. The van der Waals surface area contributed by atoms with E-state index in [0.29, 0.717) is 5.56 Å². The zero-order chi connectivity index (χ0) is 19.1. The van der Waals surface area contributed by atoms with Crippen LogP contribution in [0.5, 0.6) is 0 Å². The number of carbonyl (C=O) groups excluding carboxylic acids is 1. The van der Waals surface area contributed by atoms with Crippen molar-refractivity contribution in [3.8, 4) is 11.1 Å². The number of aliphatic imine (C=N–C) groups is 1. The highest BCUT2D eigenvalue weighted by Gasteiger charge is 2.17. The number of ketones is 1. The molecule has 5 rings (SSSR count). The Morgan fingerprint density at radius 1 is 1.07 bits per heavy atom. The minimum absolute atomic E-state index is 0.0474. The molecule has 0 amide bonds. The van der Waals surface area contributed by atoms with Crippen LogP contribution in [0.15, 0.2) is 66.0 Å². The van der Waals surface area contributed by atoms with E-state index in [1.165, 1.54) is 0 Å². The molecular formula is C23H18N4O. The van der Waals surface area contributed by atoms with Gasteiger partial charge in [-0.1, -0.05) is 24.3 Å². The summed E-state index contributed by atoms with van der Waals surface area (Å²) in [4.78, 5) is 21.8. The molecule has 0 fully saturated rings. The summed E-state index contributed by atoms with van der Waals surface area (Å²) in [6.45, 7) is 0. The Bertz CT molecular complexity index is 1250. The predicted molar refractivity (Wildman–Crippen MR) is 110 cm³/mol. The van der Waals surface area contributed by atoms with Crippen LogP contribution in [0.3, 0.4) is 0 Å². The van der Waals surface area contributed by atoms with Crippen molar-refractivity contribution < 1.29 is 4.79 Å². The van der Waals surface area contributed by atoms with Gasteiger partial charge >= 0.3 is 0 Å². The van der Waals surface area contributed by atoms with Gasteiger partial charge in [-0.2, -0.15) is 5.10 Å². The molecular weight excluding hydrogens is 348 g/mol. The molecule has 5 heteroatoms. The highest BCUT2D eigenvalue weighted by atomic mass is 16.1. The second-order valence-electron chi connectivity index (χ2n) is 7.07. The number of benzene rings is 2. The fraction of sp³-hybridized carbons (Fsp3) is 0.130. The Morgan fingerprint density at radius 2 is 2.00 bits per heavy atom. The van der Waals surface area contributed by atoms with E-state index in [-0.39, 0.29) is 12.2 Å². The van der Waals surface area contributed by atoms with Gasteiger partial charge in [0.25, 0.3) is 0 Å². The molecule has 0 bridgehead atoms. The Kier molecular flexibility index (Phi) is 3.86. The van der Waals surface area contributed by atoms with Gasteiger partial charge in [-0.25, -0.2) is 0 Å². The number of hydrogen-bond acceptors (Lipinski definition) is 4. The van der Waals surface area contributed by atoms with E-state index in [1.807, 2.05) is 56.1 Å². The van der Waals surface area contributed by atoms with Crippen molar-refractivity contribution >= 4 is 28.5 Å². The van der Waals surface area contributed by atoms with Crippen LogP contribution in [-0.4, -0.2) is 26.8 Å². The first-order valence-corrected chi connectivity index (χ1v) is 9.23. The molecule has 0 atom stereocenters. The predicted octanol–water partition coefficient (Wildman–Crippen LogP) is 4.32. The Morgan fingerprint density at radius 3 is 2.86 bits per heavy atom. The Balaban J connectivity index is 1.47. The Hall–Kier alpha value is -3.60. The second kappa shape index (κ2) is 6.53. The van der Waals surface area contributed by atoms with E-state index >= 15 is 0 Å². The van der Waals surface area contributed by atoms with Gasteiger partial charge in [-0.05, 0) is 34.7 Å². The maximum absolute atomic E-state index is 12.9. The lowest BCUT2D eigenvalue weighted by atomic mass is 9.99. The van der Waals surface area contributed by atoms with Crippen LogP contribution in [0.25, 0.3) is 21.9 Å². The topological polar surface area (TPSA) is 60.1 Å². The summed E-state index contributed by atoms with van der Waals surface area (Å²) in [5, 5.41) is 6.36. The molecule has 2 aromatic carbocycles. The van der Waals surface area contributed by atoms with Crippen molar-refractivity contribution in [2.24, 2.45) is 12.0 Å². The molecule has 0 N–H and O–H groups in total. The van der Waals surface area contributed by atoms with Crippen LogP contribution in [0.2, 0.25) is 0 Å². The van der Waals surface area contributed by atoms with E-state index in [2.05, 4.69) is 33.3 Å². The molecule has 0 unspecified atom stereocenters. The summed E-state index contributed by atoms with van der Waals surface area (Å²) in [7, 11) is 1.91. The highest BCUT2D eigenvalue weighted by molar-refractivity contribution is 6.04. The van der Waals surface area contributed by atoms with Gasteiger partial charge in [0.1, 0.15) is 0 Å². The standard InChI is InChI=1S/C23H18N4O/c1-27-14-19(13-26-27)16-5-6-17-12-25-20(10-18(17)9-16)11-22(28)21-4-2-3-15-7-8-24-23(15)21/h2-6,8-10,12-14H,7,11H2,1H3. The molecule has 1 aliphatic rings. The smallest absolute Gasteiger partial charge is 0.170 e. The molecule has 0 radical (unpaired) electrons. The van der Waals surface area contributed by atoms with Gasteiger partial charge in [0.15, 0.2) is 5.78 Å². The molecule has 28 heavy (non-hydrogen) atoms. The summed E-state index contributed by atoms with van der Waals surface area (Å²) < 4.78 is 1.79. The zero-order valence-corrected chi connectivity index (χ0v) is 15.5. The van der Waals surface area contributed by atoms with Crippen LogP contribution in [-0.2, 0) is 19.9 Å². The zero-order valence-electron chi connectivity index (χ0n) is 15.5. The van der Waals surface area contributed by atoms with Gasteiger partial charge < -0.3 is 0 Å². The first-order chi connectivity index (χ1) is 13.7. The van der Waals surface area contributed by atoms with Gasteiger partial charge in [0.05, 0.1) is 18.3 Å². The number of carbonyl (C=O) groups is 1. The quantitative estimate of drug-likeness (QED) is 0.505. The van der Waals surface area contributed by atoms with E-state index < -0.39 is 0 Å². The molecule has 2 aromatic heterocycles. The number of para-hydroxylation sites is 1. The number of pyridine rings is 1. The van der Waals surface area contributed by atoms with Gasteiger partial charge in [0, 0.05) is 54.3 Å².